The molecular formula is C19H19NO6S. The van der Waals surface area contributed by atoms with E-state index in [2.05, 4.69) is 5.32 Å². The molecule has 3 rings (SSSR count). The fraction of sp³-hybridized carbons (Fsp3) is 0.263. The second-order valence-electron chi connectivity index (χ2n) is 6.80. The SMILES string of the molecule is COc1ccc2c(c1)CS(=O)(=O)c1cccc(NC(=O)C(C)(C)O)c1C2=O. The highest BCUT2D eigenvalue weighted by Crippen LogP contribution is 2.35. The van der Waals surface area contributed by atoms with Crippen LogP contribution >= 0.6 is 0 Å². The Hall–Kier alpha value is -2.71. The van der Waals surface area contributed by atoms with Crippen LogP contribution in [0.5, 0.6) is 5.75 Å². The lowest BCUT2D eigenvalue weighted by Gasteiger charge is -2.19. The van der Waals surface area contributed by atoms with E-state index in [0.717, 1.165) is 0 Å². The minimum atomic E-state index is -3.83. The van der Waals surface area contributed by atoms with Crippen LogP contribution in [0.3, 0.4) is 0 Å². The van der Waals surface area contributed by atoms with Gasteiger partial charge in [-0.3, -0.25) is 9.59 Å². The van der Waals surface area contributed by atoms with Crippen molar-refractivity contribution < 1.29 is 27.9 Å². The van der Waals surface area contributed by atoms with E-state index in [4.69, 9.17) is 4.74 Å². The van der Waals surface area contributed by atoms with Crippen molar-refractivity contribution in [3.63, 3.8) is 0 Å². The number of carbonyl (C=O) groups excluding carboxylic acids is 2. The standard InChI is InChI=1S/C19H19NO6S/c1-19(2,23)18(22)20-14-5-4-6-15-16(14)17(21)13-8-7-12(26-3)9-11(13)10-27(15,24)25/h4-9,23H,10H2,1-3H3,(H,20,22). The summed E-state index contributed by atoms with van der Waals surface area (Å²) in [6.07, 6.45) is 0. The van der Waals surface area contributed by atoms with E-state index in [9.17, 15) is 23.1 Å². The van der Waals surface area contributed by atoms with Crippen molar-refractivity contribution in [1.82, 2.24) is 0 Å². The summed E-state index contributed by atoms with van der Waals surface area (Å²) in [4.78, 5) is 25.2. The predicted octanol–water partition coefficient (Wildman–Crippen LogP) is 1.92. The summed E-state index contributed by atoms with van der Waals surface area (Å²) < 4.78 is 30.9. The zero-order valence-corrected chi connectivity index (χ0v) is 15.9. The Kier molecular flexibility index (Phi) is 4.57. The number of hydrogen-bond donors (Lipinski definition) is 2. The smallest absolute Gasteiger partial charge is 0.255 e. The van der Waals surface area contributed by atoms with Crippen molar-refractivity contribution in [2.45, 2.75) is 30.1 Å². The molecule has 2 N–H and O–H groups in total. The van der Waals surface area contributed by atoms with Crippen LogP contribution in [-0.2, 0) is 20.4 Å². The van der Waals surface area contributed by atoms with Gasteiger partial charge in [-0.1, -0.05) is 6.07 Å². The molecule has 0 unspecified atom stereocenters. The van der Waals surface area contributed by atoms with Crippen LogP contribution in [0.25, 0.3) is 0 Å². The van der Waals surface area contributed by atoms with Crippen molar-refractivity contribution >= 4 is 27.2 Å². The van der Waals surface area contributed by atoms with Crippen LogP contribution < -0.4 is 10.1 Å². The topological polar surface area (TPSA) is 110 Å². The molecule has 0 radical (unpaired) electrons. The lowest BCUT2D eigenvalue weighted by atomic mass is 9.97. The van der Waals surface area contributed by atoms with E-state index >= 15 is 0 Å². The van der Waals surface area contributed by atoms with Gasteiger partial charge in [0, 0.05) is 5.56 Å². The molecule has 0 bridgehead atoms. The van der Waals surface area contributed by atoms with Crippen LogP contribution in [0.15, 0.2) is 41.3 Å². The fourth-order valence-corrected chi connectivity index (χ4v) is 4.46. The van der Waals surface area contributed by atoms with Gasteiger partial charge in [0.25, 0.3) is 5.91 Å². The molecule has 7 nitrogen and oxygen atoms in total. The number of ketones is 1. The molecule has 2 aromatic carbocycles. The van der Waals surface area contributed by atoms with Gasteiger partial charge in [0.05, 0.1) is 29.0 Å². The summed E-state index contributed by atoms with van der Waals surface area (Å²) in [5, 5.41) is 12.3. The molecule has 0 spiro atoms. The number of anilines is 1. The van der Waals surface area contributed by atoms with E-state index in [1.54, 1.807) is 6.07 Å². The molecule has 0 aromatic heterocycles. The van der Waals surface area contributed by atoms with Crippen LogP contribution in [0.4, 0.5) is 5.69 Å². The molecule has 0 atom stereocenters. The number of benzene rings is 2. The quantitative estimate of drug-likeness (QED) is 0.830. The van der Waals surface area contributed by atoms with E-state index < -0.39 is 27.1 Å². The Labute approximate surface area is 156 Å². The van der Waals surface area contributed by atoms with Gasteiger partial charge >= 0.3 is 0 Å². The van der Waals surface area contributed by atoms with Crippen LogP contribution in [-0.4, -0.2) is 37.9 Å². The van der Waals surface area contributed by atoms with Gasteiger partial charge in [-0.2, -0.15) is 0 Å². The monoisotopic (exact) mass is 389 g/mol. The third kappa shape index (κ3) is 3.45. The number of carbonyl (C=O) groups is 2. The lowest BCUT2D eigenvalue weighted by molar-refractivity contribution is -0.130. The molecule has 1 aliphatic heterocycles. The molecule has 0 fully saturated rings. The van der Waals surface area contributed by atoms with Gasteiger partial charge in [-0.25, -0.2) is 8.42 Å². The number of sulfone groups is 1. The van der Waals surface area contributed by atoms with Gasteiger partial charge in [0.1, 0.15) is 11.4 Å². The summed E-state index contributed by atoms with van der Waals surface area (Å²) in [5.74, 6) is -1.19. The average molecular weight is 389 g/mol. The molecule has 1 amide bonds. The first-order valence-corrected chi connectivity index (χ1v) is 9.81. The summed E-state index contributed by atoms with van der Waals surface area (Å²) in [7, 11) is -2.38. The second kappa shape index (κ2) is 6.47. The Morgan fingerprint density at radius 2 is 1.93 bits per heavy atom. The number of rotatable bonds is 3. The maximum Gasteiger partial charge on any atom is 0.255 e. The molecular weight excluding hydrogens is 370 g/mol. The van der Waals surface area contributed by atoms with Crippen LogP contribution in [0.2, 0.25) is 0 Å². The van der Waals surface area contributed by atoms with Gasteiger partial charge in [-0.15, -0.1) is 0 Å². The summed E-state index contributed by atoms with van der Waals surface area (Å²) >= 11 is 0. The van der Waals surface area contributed by atoms with Gasteiger partial charge in [0.2, 0.25) is 0 Å². The Balaban J connectivity index is 2.23. The van der Waals surface area contributed by atoms with E-state index in [1.807, 2.05) is 0 Å². The molecule has 142 valence electrons. The number of fused-ring (bicyclic) bond motifs is 2. The fourth-order valence-electron chi connectivity index (χ4n) is 2.86. The largest absolute Gasteiger partial charge is 0.497 e. The third-order valence-corrected chi connectivity index (χ3v) is 6.00. The average Bonchev–Trinajstić information content (AvgIpc) is 2.67. The minimum absolute atomic E-state index is 0.0388. The summed E-state index contributed by atoms with van der Waals surface area (Å²) in [6, 6.07) is 8.82. The highest BCUT2D eigenvalue weighted by Gasteiger charge is 2.34. The lowest BCUT2D eigenvalue weighted by Crippen LogP contribution is -2.37. The van der Waals surface area contributed by atoms with E-state index in [0.29, 0.717) is 11.3 Å². The Morgan fingerprint density at radius 3 is 2.56 bits per heavy atom. The zero-order chi connectivity index (χ0) is 20.0. The molecule has 0 saturated carbocycles. The number of methoxy groups -OCH3 is 1. The molecule has 1 aliphatic rings. The van der Waals surface area contributed by atoms with E-state index in [-0.39, 0.29) is 27.5 Å². The van der Waals surface area contributed by atoms with Gasteiger partial charge < -0.3 is 15.2 Å². The molecule has 8 heteroatoms. The first-order valence-electron chi connectivity index (χ1n) is 8.16. The van der Waals surface area contributed by atoms with Crippen molar-refractivity contribution in [2.75, 3.05) is 12.4 Å². The normalized spacial score (nSPS) is 15.3. The van der Waals surface area contributed by atoms with Crippen LogP contribution in [0.1, 0.15) is 35.3 Å². The highest BCUT2D eigenvalue weighted by molar-refractivity contribution is 7.90. The number of amides is 1. The minimum Gasteiger partial charge on any atom is -0.497 e. The predicted molar refractivity (Wildman–Crippen MR) is 98.7 cm³/mol. The first kappa shape index (κ1) is 19.1. The number of ether oxygens (including phenoxy) is 1. The van der Waals surface area contributed by atoms with Crippen molar-refractivity contribution in [3.05, 3.63) is 53.1 Å². The molecule has 0 aliphatic carbocycles. The highest BCUT2D eigenvalue weighted by atomic mass is 32.2. The van der Waals surface area contributed by atoms with Crippen molar-refractivity contribution in [3.8, 4) is 5.75 Å². The molecule has 1 heterocycles. The maximum absolute atomic E-state index is 13.1. The Bertz CT molecular complexity index is 1050. The third-order valence-electron chi connectivity index (χ3n) is 4.29. The maximum atomic E-state index is 13.1. The molecule has 2 aromatic rings. The number of hydrogen-bond acceptors (Lipinski definition) is 6. The molecule has 27 heavy (non-hydrogen) atoms. The van der Waals surface area contributed by atoms with Gasteiger partial charge in [-0.05, 0) is 49.7 Å². The zero-order valence-electron chi connectivity index (χ0n) is 15.1. The second-order valence-corrected chi connectivity index (χ2v) is 8.76. The van der Waals surface area contributed by atoms with Gasteiger partial charge in [0.15, 0.2) is 15.6 Å². The number of nitrogens with one attached hydrogen (secondary N) is 1. The van der Waals surface area contributed by atoms with Crippen molar-refractivity contribution in [1.29, 1.82) is 0 Å². The molecule has 0 saturated heterocycles. The summed E-state index contributed by atoms with van der Waals surface area (Å²) in [5.41, 5.74) is -1.21. The number of aliphatic hydroxyl groups is 1. The van der Waals surface area contributed by atoms with Crippen LogP contribution in [0, 0.1) is 0 Å². The summed E-state index contributed by atoms with van der Waals surface area (Å²) in [6.45, 7) is 2.59. The first-order chi connectivity index (χ1) is 12.5. The Morgan fingerprint density at radius 1 is 1.22 bits per heavy atom. The van der Waals surface area contributed by atoms with Crippen molar-refractivity contribution in [2.24, 2.45) is 0 Å². The van der Waals surface area contributed by atoms with E-state index in [1.165, 1.54) is 51.3 Å².